The van der Waals surface area contributed by atoms with Crippen LogP contribution in [0.5, 0.6) is 5.75 Å². The Labute approximate surface area is 173 Å². The topological polar surface area (TPSA) is 106 Å². The third-order valence-electron chi connectivity index (χ3n) is 4.31. The zero-order chi connectivity index (χ0) is 21.3. The quantitative estimate of drug-likeness (QED) is 0.428. The number of nitrogens with one attached hydrogen (secondary N) is 2. The van der Waals surface area contributed by atoms with Gasteiger partial charge in [0, 0.05) is 25.7 Å². The maximum absolute atomic E-state index is 11.3. The molecule has 0 bridgehead atoms. The SMILES string of the molecule is CCCOc1cc(C)ccc1CNC(=NC)NCCc1ccc(S(N)(=O)=O)cc1. The van der Waals surface area contributed by atoms with Crippen LogP contribution in [0, 0.1) is 6.92 Å². The summed E-state index contributed by atoms with van der Waals surface area (Å²) in [6.45, 7) is 6.07. The third kappa shape index (κ3) is 7.40. The van der Waals surface area contributed by atoms with Gasteiger partial charge in [-0.25, -0.2) is 13.6 Å². The molecule has 0 heterocycles. The van der Waals surface area contributed by atoms with Gasteiger partial charge < -0.3 is 15.4 Å². The van der Waals surface area contributed by atoms with Crippen molar-refractivity contribution in [3.63, 3.8) is 0 Å². The Morgan fingerprint density at radius 1 is 1.14 bits per heavy atom. The molecule has 7 nitrogen and oxygen atoms in total. The lowest BCUT2D eigenvalue weighted by molar-refractivity contribution is 0.313. The molecule has 0 radical (unpaired) electrons. The molecule has 0 fully saturated rings. The Hall–Kier alpha value is -2.58. The van der Waals surface area contributed by atoms with Gasteiger partial charge in [-0.05, 0) is 49.1 Å². The van der Waals surface area contributed by atoms with Crippen LogP contribution in [0.15, 0.2) is 52.4 Å². The van der Waals surface area contributed by atoms with Crippen LogP contribution in [0.2, 0.25) is 0 Å². The Bertz CT molecular complexity index is 925. The number of aliphatic imine (C=N–C) groups is 1. The molecule has 0 aromatic heterocycles. The van der Waals surface area contributed by atoms with Crippen LogP contribution in [0.25, 0.3) is 0 Å². The molecule has 0 saturated carbocycles. The molecule has 0 aliphatic rings. The largest absolute Gasteiger partial charge is 0.493 e. The fourth-order valence-electron chi connectivity index (χ4n) is 2.72. The van der Waals surface area contributed by atoms with E-state index in [4.69, 9.17) is 9.88 Å². The summed E-state index contributed by atoms with van der Waals surface area (Å²) in [4.78, 5) is 4.36. The minimum absolute atomic E-state index is 0.117. The van der Waals surface area contributed by atoms with Crippen LogP contribution in [0.3, 0.4) is 0 Å². The molecule has 2 aromatic rings. The Morgan fingerprint density at radius 2 is 1.86 bits per heavy atom. The first-order chi connectivity index (χ1) is 13.8. The number of hydrogen-bond acceptors (Lipinski definition) is 4. The minimum atomic E-state index is -3.66. The summed E-state index contributed by atoms with van der Waals surface area (Å²) < 4.78 is 28.5. The fourth-order valence-corrected chi connectivity index (χ4v) is 3.24. The molecule has 29 heavy (non-hydrogen) atoms. The van der Waals surface area contributed by atoms with Crippen LogP contribution in [-0.2, 0) is 23.0 Å². The number of nitrogens with two attached hydrogens (primary N) is 1. The molecule has 0 saturated heterocycles. The van der Waals surface area contributed by atoms with Gasteiger partial charge in [-0.3, -0.25) is 4.99 Å². The van der Waals surface area contributed by atoms with Crippen LogP contribution >= 0.6 is 0 Å². The van der Waals surface area contributed by atoms with Gasteiger partial charge in [0.15, 0.2) is 5.96 Å². The summed E-state index contributed by atoms with van der Waals surface area (Å²) in [7, 11) is -1.94. The highest BCUT2D eigenvalue weighted by atomic mass is 32.2. The van der Waals surface area contributed by atoms with Gasteiger partial charge in [0.2, 0.25) is 10.0 Å². The zero-order valence-electron chi connectivity index (χ0n) is 17.2. The number of hydrogen-bond donors (Lipinski definition) is 3. The van der Waals surface area contributed by atoms with E-state index in [0.29, 0.717) is 25.7 Å². The van der Waals surface area contributed by atoms with Gasteiger partial charge in [-0.2, -0.15) is 0 Å². The van der Waals surface area contributed by atoms with E-state index < -0.39 is 10.0 Å². The maximum atomic E-state index is 11.3. The van der Waals surface area contributed by atoms with Crippen LogP contribution in [-0.4, -0.2) is 34.6 Å². The number of aryl methyl sites for hydroxylation is 1. The molecular weight excluding hydrogens is 388 g/mol. The molecule has 0 aliphatic carbocycles. The summed E-state index contributed by atoms with van der Waals surface area (Å²) in [6.07, 6.45) is 1.68. The van der Waals surface area contributed by atoms with Crippen LogP contribution in [0.4, 0.5) is 0 Å². The van der Waals surface area contributed by atoms with Crippen molar-refractivity contribution in [2.75, 3.05) is 20.2 Å². The van der Waals surface area contributed by atoms with Crippen molar-refractivity contribution in [1.82, 2.24) is 10.6 Å². The molecule has 4 N–H and O–H groups in total. The Balaban J connectivity index is 1.87. The first-order valence-corrected chi connectivity index (χ1v) is 11.2. The van der Waals surface area contributed by atoms with Gasteiger partial charge >= 0.3 is 0 Å². The van der Waals surface area contributed by atoms with E-state index in [1.165, 1.54) is 12.1 Å². The van der Waals surface area contributed by atoms with E-state index in [1.54, 1.807) is 19.2 Å². The predicted octanol–water partition coefficient (Wildman–Crippen LogP) is 2.34. The third-order valence-corrected chi connectivity index (χ3v) is 5.24. The zero-order valence-corrected chi connectivity index (χ0v) is 18.1. The first-order valence-electron chi connectivity index (χ1n) is 9.62. The average molecular weight is 419 g/mol. The molecule has 0 spiro atoms. The van der Waals surface area contributed by atoms with Crippen molar-refractivity contribution in [3.05, 3.63) is 59.2 Å². The second-order valence-electron chi connectivity index (χ2n) is 6.75. The van der Waals surface area contributed by atoms with E-state index >= 15 is 0 Å². The lowest BCUT2D eigenvalue weighted by atomic mass is 10.1. The van der Waals surface area contributed by atoms with Gasteiger partial charge in [0.05, 0.1) is 11.5 Å². The minimum Gasteiger partial charge on any atom is -0.493 e. The number of rotatable bonds is 9. The maximum Gasteiger partial charge on any atom is 0.238 e. The lowest BCUT2D eigenvalue weighted by Gasteiger charge is -2.15. The number of guanidine groups is 1. The Morgan fingerprint density at radius 3 is 2.48 bits per heavy atom. The summed E-state index contributed by atoms with van der Waals surface area (Å²) in [5, 5.41) is 11.7. The highest BCUT2D eigenvalue weighted by Gasteiger charge is 2.08. The second kappa shape index (κ2) is 10.8. The van der Waals surface area contributed by atoms with Crippen molar-refractivity contribution >= 4 is 16.0 Å². The molecule has 158 valence electrons. The number of nitrogens with zero attached hydrogens (tertiary/aromatic N) is 1. The van der Waals surface area contributed by atoms with Crippen LogP contribution < -0.4 is 20.5 Å². The van der Waals surface area contributed by atoms with Crippen molar-refractivity contribution < 1.29 is 13.2 Å². The van der Waals surface area contributed by atoms with Crippen molar-refractivity contribution in [3.8, 4) is 5.75 Å². The highest BCUT2D eigenvalue weighted by Crippen LogP contribution is 2.20. The molecule has 0 aliphatic heterocycles. The summed E-state index contributed by atoms with van der Waals surface area (Å²) >= 11 is 0. The second-order valence-corrected chi connectivity index (χ2v) is 8.31. The molecule has 2 rings (SSSR count). The van der Waals surface area contributed by atoms with Crippen LogP contribution in [0.1, 0.15) is 30.0 Å². The van der Waals surface area contributed by atoms with Gasteiger partial charge in [-0.15, -0.1) is 0 Å². The van der Waals surface area contributed by atoms with E-state index in [2.05, 4.69) is 34.7 Å². The number of ether oxygens (including phenoxy) is 1. The van der Waals surface area contributed by atoms with Gasteiger partial charge in [0.25, 0.3) is 0 Å². The number of sulfonamides is 1. The normalized spacial score (nSPS) is 11.9. The standard InChI is InChI=1S/C21H30N4O3S/c1-4-13-28-20-14-16(2)5-8-18(20)15-25-21(23-3)24-12-11-17-6-9-19(10-7-17)29(22,26)27/h5-10,14H,4,11-13,15H2,1-3H3,(H2,22,26,27)(H2,23,24,25). The van der Waals surface area contributed by atoms with Gasteiger partial charge in [-0.1, -0.05) is 31.2 Å². The van der Waals surface area contributed by atoms with Crippen molar-refractivity contribution in [1.29, 1.82) is 0 Å². The van der Waals surface area contributed by atoms with Crippen molar-refractivity contribution in [2.24, 2.45) is 10.1 Å². The molecule has 0 atom stereocenters. The molecule has 0 unspecified atom stereocenters. The smallest absolute Gasteiger partial charge is 0.238 e. The first kappa shape index (κ1) is 22.7. The molecule has 2 aromatic carbocycles. The number of benzene rings is 2. The monoisotopic (exact) mass is 418 g/mol. The average Bonchev–Trinajstić information content (AvgIpc) is 2.69. The number of primary sulfonamides is 1. The molecule has 8 heteroatoms. The van der Waals surface area contributed by atoms with Crippen molar-refractivity contribution in [2.45, 2.75) is 38.1 Å². The summed E-state index contributed by atoms with van der Waals surface area (Å²) in [5.74, 6) is 1.58. The van der Waals surface area contributed by atoms with Gasteiger partial charge in [0.1, 0.15) is 5.75 Å². The van der Waals surface area contributed by atoms with E-state index in [0.717, 1.165) is 35.3 Å². The molecular formula is C21H30N4O3S. The van der Waals surface area contributed by atoms with E-state index in [9.17, 15) is 8.42 Å². The molecule has 0 amide bonds. The Kier molecular flexibility index (Phi) is 8.48. The lowest BCUT2D eigenvalue weighted by Crippen LogP contribution is -2.37. The summed E-state index contributed by atoms with van der Waals surface area (Å²) in [5.41, 5.74) is 3.25. The van der Waals surface area contributed by atoms with E-state index in [-0.39, 0.29) is 4.90 Å². The predicted molar refractivity (Wildman–Crippen MR) is 117 cm³/mol. The summed E-state index contributed by atoms with van der Waals surface area (Å²) in [6, 6.07) is 12.8. The fraction of sp³-hybridized carbons (Fsp3) is 0.381. The van der Waals surface area contributed by atoms with E-state index in [1.807, 2.05) is 13.0 Å². The highest BCUT2D eigenvalue weighted by molar-refractivity contribution is 7.89.